The number of halogens is 2. The fraction of sp³-hybridized carbons (Fsp3) is 0.300. The largest absolute Gasteiger partial charge is 0.491 e. The number of piperidine rings is 1. The highest BCUT2D eigenvalue weighted by Crippen LogP contribution is 2.30. The summed E-state index contributed by atoms with van der Waals surface area (Å²) in [6.45, 7) is 6.15. The smallest absolute Gasteiger partial charge is 0.257 e. The van der Waals surface area contributed by atoms with Crippen molar-refractivity contribution in [3.8, 4) is 5.75 Å². The summed E-state index contributed by atoms with van der Waals surface area (Å²) in [4.78, 5) is 38.7. The Kier molecular flexibility index (Phi) is 8.86. The van der Waals surface area contributed by atoms with Crippen LogP contribution in [0.3, 0.4) is 0 Å². The first-order valence-electron chi connectivity index (χ1n) is 12.8. The molecule has 0 bridgehead atoms. The normalized spacial score (nSPS) is 13.7. The highest BCUT2D eigenvalue weighted by Gasteiger charge is 2.26. The zero-order valence-corrected chi connectivity index (χ0v) is 22.8. The van der Waals surface area contributed by atoms with E-state index in [2.05, 4.69) is 10.6 Å². The third kappa shape index (κ3) is 7.15. The Morgan fingerprint density at radius 1 is 0.923 bits per heavy atom. The van der Waals surface area contributed by atoms with Crippen molar-refractivity contribution in [1.82, 2.24) is 4.90 Å². The van der Waals surface area contributed by atoms with Crippen LogP contribution in [0.4, 0.5) is 15.8 Å². The number of carbonyl (C=O) groups excluding carboxylic acids is 3. The number of ether oxygens (including phenoxy) is 1. The van der Waals surface area contributed by atoms with Crippen molar-refractivity contribution in [1.29, 1.82) is 0 Å². The number of hydrogen-bond acceptors (Lipinski definition) is 4. The second-order valence-corrected chi connectivity index (χ2v) is 10.2. The van der Waals surface area contributed by atoms with E-state index in [0.717, 1.165) is 18.4 Å². The fourth-order valence-electron chi connectivity index (χ4n) is 4.62. The molecule has 3 aromatic rings. The summed E-state index contributed by atoms with van der Waals surface area (Å²) in [5.74, 6) is -0.883. The Morgan fingerprint density at radius 3 is 2.21 bits per heavy atom. The van der Waals surface area contributed by atoms with E-state index in [0.29, 0.717) is 30.2 Å². The number of benzene rings is 3. The fourth-order valence-corrected chi connectivity index (χ4v) is 4.82. The van der Waals surface area contributed by atoms with Crippen LogP contribution in [-0.2, 0) is 4.79 Å². The summed E-state index contributed by atoms with van der Waals surface area (Å²) in [7, 11) is 0. The minimum absolute atomic E-state index is 0.0485. The topological polar surface area (TPSA) is 87.7 Å². The van der Waals surface area contributed by atoms with Gasteiger partial charge in [0.15, 0.2) is 0 Å². The van der Waals surface area contributed by atoms with E-state index in [1.165, 1.54) is 25.1 Å². The molecule has 3 aromatic carbocycles. The van der Waals surface area contributed by atoms with E-state index in [4.69, 9.17) is 16.3 Å². The molecule has 0 radical (unpaired) electrons. The summed E-state index contributed by atoms with van der Waals surface area (Å²) < 4.78 is 20.1. The van der Waals surface area contributed by atoms with Crippen molar-refractivity contribution < 1.29 is 23.5 Å². The highest BCUT2D eigenvalue weighted by atomic mass is 35.5. The van der Waals surface area contributed by atoms with Gasteiger partial charge >= 0.3 is 0 Å². The number of rotatable bonds is 7. The zero-order valence-electron chi connectivity index (χ0n) is 22.1. The van der Waals surface area contributed by atoms with Gasteiger partial charge in [-0.3, -0.25) is 14.4 Å². The molecule has 39 heavy (non-hydrogen) atoms. The molecule has 1 fully saturated rings. The lowest BCUT2D eigenvalue weighted by atomic mass is 9.89. The molecular formula is C30H31ClFN3O4. The summed E-state index contributed by atoms with van der Waals surface area (Å²) in [5, 5.41) is 5.75. The molecule has 0 spiro atoms. The molecular weight excluding hydrogens is 521 g/mol. The average Bonchev–Trinajstić information content (AvgIpc) is 2.89. The number of anilines is 2. The first kappa shape index (κ1) is 28.1. The molecule has 204 valence electrons. The number of nitrogens with zero attached hydrogens (tertiary/aromatic N) is 1. The van der Waals surface area contributed by atoms with Crippen LogP contribution < -0.4 is 15.4 Å². The van der Waals surface area contributed by atoms with Crippen molar-refractivity contribution in [3.05, 3.63) is 88.2 Å². The third-order valence-electron chi connectivity index (χ3n) is 6.50. The molecule has 0 aromatic heterocycles. The average molecular weight is 552 g/mol. The van der Waals surface area contributed by atoms with E-state index in [-0.39, 0.29) is 45.9 Å². The van der Waals surface area contributed by atoms with Gasteiger partial charge in [0, 0.05) is 37.5 Å². The predicted octanol–water partition coefficient (Wildman–Crippen LogP) is 6.50. The number of hydrogen-bond donors (Lipinski definition) is 2. The SMILES string of the molecule is CC(=O)Nc1ccc(Cl)c(C(=O)Nc2ccc(C3CCN(C(=O)c4ccc(OC(C)C)cc4F)CC3)cc2)c1. The van der Waals surface area contributed by atoms with Gasteiger partial charge in [0.05, 0.1) is 22.3 Å². The lowest BCUT2D eigenvalue weighted by molar-refractivity contribution is -0.114. The van der Waals surface area contributed by atoms with Gasteiger partial charge in [-0.1, -0.05) is 23.7 Å². The van der Waals surface area contributed by atoms with Crippen LogP contribution >= 0.6 is 11.6 Å². The minimum Gasteiger partial charge on any atom is -0.491 e. The Hall–Kier alpha value is -3.91. The van der Waals surface area contributed by atoms with E-state index in [1.54, 1.807) is 23.1 Å². The monoisotopic (exact) mass is 551 g/mol. The molecule has 4 rings (SSSR count). The maximum atomic E-state index is 14.6. The van der Waals surface area contributed by atoms with Crippen LogP contribution in [0.15, 0.2) is 60.7 Å². The summed E-state index contributed by atoms with van der Waals surface area (Å²) in [6, 6.07) is 16.7. The number of nitrogens with one attached hydrogen (secondary N) is 2. The molecule has 3 amide bonds. The zero-order chi connectivity index (χ0) is 28.1. The van der Waals surface area contributed by atoms with Crippen LogP contribution in [0, 0.1) is 5.82 Å². The van der Waals surface area contributed by atoms with Gasteiger partial charge in [-0.15, -0.1) is 0 Å². The van der Waals surface area contributed by atoms with Crippen LogP contribution in [0.5, 0.6) is 5.75 Å². The van der Waals surface area contributed by atoms with E-state index < -0.39 is 5.82 Å². The van der Waals surface area contributed by atoms with Crippen molar-refractivity contribution in [2.45, 2.75) is 45.6 Å². The second kappa shape index (κ2) is 12.3. The standard InChI is InChI=1S/C30H31ClFN3O4/c1-18(2)39-24-9-10-25(28(32)17-24)30(38)35-14-12-21(13-15-35)20-4-6-22(7-5-20)34-29(37)26-16-23(33-19(3)36)8-11-27(26)31/h4-11,16-18,21H,12-15H2,1-3H3,(H,33,36)(H,34,37). The van der Waals surface area contributed by atoms with Crippen LogP contribution in [0.2, 0.25) is 5.02 Å². The molecule has 1 aliphatic rings. The van der Waals surface area contributed by atoms with Crippen LogP contribution in [-0.4, -0.2) is 41.8 Å². The second-order valence-electron chi connectivity index (χ2n) is 9.83. The Balaban J connectivity index is 1.34. The van der Waals surface area contributed by atoms with Crippen molar-refractivity contribution in [2.75, 3.05) is 23.7 Å². The third-order valence-corrected chi connectivity index (χ3v) is 6.83. The lowest BCUT2D eigenvalue weighted by Gasteiger charge is -2.32. The molecule has 9 heteroatoms. The molecule has 1 aliphatic heterocycles. The van der Waals surface area contributed by atoms with Gasteiger partial charge in [-0.05, 0) is 80.6 Å². The van der Waals surface area contributed by atoms with Crippen molar-refractivity contribution in [3.63, 3.8) is 0 Å². The van der Waals surface area contributed by atoms with Crippen molar-refractivity contribution >= 4 is 40.7 Å². The van der Waals surface area contributed by atoms with Crippen LogP contribution in [0.25, 0.3) is 0 Å². The quantitative estimate of drug-likeness (QED) is 0.351. The van der Waals surface area contributed by atoms with Gasteiger partial charge in [-0.25, -0.2) is 4.39 Å². The van der Waals surface area contributed by atoms with Gasteiger partial charge in [0.1, 0.15) is 11.6 Å². The van der Waals surface area contributed by atoms with E-state index >= 15 is 0 Å². The van der Waals surface area contributed by atoms with Crippen LogP contribution in [0.1, 0.15) is 65.8 Å². The Morgan fingerprint density at radius 2 is 1.59 bits per heavy atom. The van der Waals surface area contributed by atoms with Gasteiger partial charge in [0.25, 0.3) is 11.8 Å². The first-order chi connectivity index (χ1) is 18.6. The summed E-state index contributed by atoms with van der Waals surface area (Å²) in [5.41, 5.74) is 2.50. The maximum Gasteiger partial charge on any atom is 0.257 e. The molecule has 0 unspecified atom stereocenters. The minimum atomic E-state index is -0.582. The first-order valence-corrected chi connectivity index (χ1v) is 13.2. The number of likely N-dealkylation sites (tertiary alicyclic amines) is 1. The molecule has 0 aliphatic carbocycles. The summed E-state index contributed by atoms with van der Waals surface area (Å²) >= 11 is 6.20. The predicted molar refractivity (Wildman–Crippen MR) is 150 cm³/mol. The number of carbonyl (C=O) groups is 3. The molecule has 1 heterocycles. The Bertz CT molecular complexity index is 1370. The van der Waals surface area contributed by atoms with E-state index in [1.807, 2.05) is 38.1 Å². The molecule has 1 saturated heterocycles. The van der Waals surface area contributed by atoms with Gasteiger partial charge in [-0.2, -0.15) is 0 Å². The highest BCUT2D eigenvalue weighted by molar-refractivity contribution is 6.34. The van der Waals surface area contributed by atoms with Gasteiger partial charge in [0.2, 0.25) is 5.91 Å². The molecule has 2 N–H and O–H groups in total. The molecule has 7 nitrogen and oxygen atoms in total. The van der Waals surface area contributed by atoms with E-state index in [9.17, 15) is 18.8 Å². The maximum absolute atomic E-state index is 14.6. The molecule has 0 atom stereocenters. The lowest BCUT2D eigenvalue weighted by Crippen LogP contribution is -2.38. The molecule has 0 saturated carbocycles. The van der Waals surface area contributed by atoms with Crippen molar-refractivity contribution in [2.24, 2.45) is 0 Å². The summed E-state index contributed by atoms with van der Waals surface area (Å²) in [6.07, 6.45) is 1.42. The van der Waals surface area contributed by atoms with Gasteiger partial charge < -0.3 is 20.3 Å². The Labute approximate surface area is 232 Å². The number of amides is 3.